The van der Waals surface area contributed by atoms with Crippen LogP contribution in [0.25, 0.3) is 0 Å². The van der Waals surface area contributed by atoms with Crippen molar-refractivity contribution in [1.82, 2.24) is 0 Å². The highest BCUT2D eigenvalue weighted by Crippen LogP contribution is 2.24. The third-order valence-corrected chi connectivity index (χ3v) is 2.38. The Kier molecular flexibility index (Phi) is 3.20. The van der Waals surface area contributed by atoms with Crippen LogP contribution in [0.1, 0.15) is 17.2 Å². The third kappa shape index (κ3) is 2.21. The summed E-state index contributed by atoms with van der Waals surface area (Å²) in [6, 6.07) is 19.4. The lowest BCUT2D eigenvalue weighted by Crippen LogP contribution is -2.02. The van der Waals surface area contributed by atoms with Gasteiger partial charge in [0.25, 0.3) is 6.26 Å². The number of rotatable bonds is 3. The summed E-state index contributed by atoms with van der Waals surface area (Å²) in [6.07, 6.45) is 1.45. The highest BCUT2D eigenvalue weighted by atomic mass is 16.5. The minimum absolute atomic E-state index is 0.313. The van der Waals surface area contributed by atoms with Crippen molar-refractivity contribution < 1.29 is 4.74 Å². The van der Waals surface area contributed by atoms with E-state index in [-0.39, 0.29) is 6.10 Å². The molecule has 0 unspecified atom stereocenters. The van der Waals surface area contributed by atoms with Crippen molar-refractivity contribution in [3.8, 4) is 6.26 Å². The fraction of sp³-hybridized carbons (Fsp3) is 0.0714. The van der Waals surface area contributed by atoms with Crippen LogP contribution in [0.2, 0.25) is 0 Å². The van der Waals surface area contributed by atoms with E-state index in [4.69, 9.17) is 10.00 Å². The summed E-state index contributed by atoms with van der Waals surface area (Å²) in [4.78, 5) is 0. The van der Waals surface area contributed by atoms with Gasteiger partial charge in [0.15, 0.2) is 6.10 Å². The van der Waals surface area contributed by atoms with Crippen molar-refractivity contribution in [2.24, 2.45) is 0 Å². The minimum atomic E-state index is -0.313. The lowest BCUT2D eigenvalue weighted by molar-refractivity contribution is 0.202. The van der Waals surface area contributed by atoms with Crippen LogP contribution in [0.3, 0.4) is 0 Å². The van der Waals surface area contributed by atoms with Gasteiger partial charge in [0.2, 0.25) is 0 Å². The van der Waals surface area contributed by atoms with E-state index in [1.165, 1.54) is 0 Å². The standard InChI is InChI=1S/C14H11NO/c15-11-16-14(12-7-3-1-4-8-12)13-9-5-2-6-10-13/h1-10,14H. The molecule has 0 bridgehead atoms. The van der Waals surface area contributed by atoms with Gasteiger partial charge in [-0.25, -0.2) is 0 Å². The predicted molar refractivity (Wildman–Crippen MR) is 61.4 cm³/mol. The molecule has 0 fully saturated rings. The van der Waals surface area contributed by atoms with Gasteiger partial charge in [-0.1, -0.05) is 60.7 Å². The summed E-state index contributed by atoms with van der Waals surface area (Å²) in [5, 5.41) is 8.69. The van der Waals surface area contributed by atoms with Crippen LogP contribution in [0.4, 0.5) is 0 Å². The molecule has 78 valence electrons. The minimum Gasteiger partial charge on any atom is -0.414 e. The molecular formula is C14H11NO. The van der Waals surface area contributed by atoms with Crippen LogP contribution in [-0.2, 0) is 4.74 Å². The zero-order chi connectivity index (χ0) is 11.2. The second-order valence-corrected chi connectivity index (χ2v) is 3.41. The zero-order valence-electron chi connectivity index (χ0n) is 8.71. The predicted octanol–water partition coefficient (Wildman–Crippen LogP) is 3.27. The Morgan fingerprint density at radius 2 is 1.25 bits per heavy atom. The number of nitriles is 1. The van der Waals surface area contributed by atoms with E-state index in [0.717, 1.165) is 11.1 Å². The Hall–Kier alpha value is -2.27. The van der Waals surface area contributed by atoms with Gasteiger partial charge in [0.1, 0.15) is 0 Å². The van der Waals surface area contributed by atoms with Crippen molar-refractivity contribution in [1.29, 1.82) is 5.26 Å². The summed E-state index contributed by atoms with van der Waals surface area (Å²) < 4.78 is 5.12. The van der Waals surface area contributed by atoms with Gasteiger partial charge < -0.3 is 4.74 Å². The molecule has 2 rings (SSSR count). The largest absolute Gasteiger partial charge is 0.414 e. The molecular weight excluding hydrogens is 198 g/mol. The van der Waals surface area contributed by atoms with Gasteiger partial charge in [0.05, 0.1) is 0 Å². The normalized spacial score (nSPS) is 9.75. The van der Waals surface area contributed by atoms with E-state index >= 15 is 0 Å². The van der Waals surface area contributed by atoms with Gasteiger partial charge >= 0.3 is 0 Å². The number of ether oxygens (including phenoxy) is 1. The smallest absolute Gasteiger partial charge is 0.287 e. The molecule has 2 heteroatoms. The Balaban J connectivity index is 2.36. The molecule has 0 N–H and O–H groups in total. The van der Waals surface area contributed by atoms with Crippen molar-refractivity contribution in [3.05, 3.63) is 71.8 Å². The van der Waals surface area contributed by atoms with Crippen LogP contribution >= 0.6 is 0 Å². The number of hydrogen-bond donors (Lipinski definition) is 0. The Bertz CT molecular complexity index is 434. The maximum Gasteiger partial charge on any atom is 0.287 e. The van der Waals surface area contributed by atoms with Gasteiger partial charge in [-0.3, -0.25) is 0 Å². The van der Waals surface area contributed by atoms with Crippen molar-refractivity contribution in [2.45, 2.75) is 6.10 Å². The van der Waals surface area contributed by atoms with Gasteiger partial charge in [0, 0.05) is 0 Å². The molecule has 0 saturated heterocycles. The summed E-state index contributed by atoms with van der Waals surface area (Å²) >= 11 is 0. The zero-order valence-corrected chi connectivity index (χ0v) is 8.71. The quantitative estimate of drug-likeness (QED) is 0.727. The summed E-state index contributed by atoms with van der Waals surface area (Å²) in [6.45, 7) is 0. The number of hydrogen-bond acceptors (Lipinski definition) is 2. The first kappa shape index (κ1) is 10.3. The molecule has 0 aromatic heterocycles. The van der Waals surface area contributed by atoms with Crippen LogP contribution in [-0.4, -0.2) is 0 Å². The maximum absolute atomic E-state index is 8.69. The fourth-order valence-electron chi connectivity index (χ4n) is 1.64. The average Bonchev–Trinajstić information content (AvgIpc) is 2.38. The second-order valence-electron chi connectivity index (χ2n) is 3.41. The first-order chi connectivity index (χ1) is 7.92. The molecule has 0 amide bonds. The molecule has 0 spiro atoms. The Morgan fingerprint density at radius 1 is 0.812 bits per heavy atom. The Labute approximate surface area is 94.7 Å². The maximum atomic E-state index is 8.69. The van der Waals surface area contributed by atoms with Crippen molar-refractivity contribution >= 4 is 0 Å². The first-order valence-electron chi connectivity index (χ1n) is 5.06. The van der Waals surface area contributed by atoms with E-state index < -0.39 is 0 Å². The molecule has 0 saturated carbocycles. The second kappa shape index (κ2) is 4.99. The van der Waals surface area contributed by atoms with E-state index in [1.807, 2.05) is 60.7 Å². The first-order valence-corrected chi connectivity index (χ1v) is 5.06. The summed E-state index contributed by atoms with van der Waals surface area (Å²) in [7, 11) is 0. The SMILES string of the molecule is N#COC(c1ccccc1)c1ccccc1. The van der Waals surface area contributed by atoms with Crippen LogP contribution in [0.5, 0.6) is 0 Å². The molecule has 0 heterocycles. The highest BCUT2D eigenvalue weighted by molar-refractivity contribution is 5.30. The third-order valence-electron chi connectivity index (χ3n) is 2.38. The summed E-state index contributed by atoms with van der Waals surface area (Å²) in [5.74, 6) is 0. The van der Waals surface area contributed by atoms with Gasteiger partial charge in [-0.05, 0) is 11.1 Å². The van der Waals surface area contributed by atoms with Crippen LogP contribution in [0, 0.1) is 11.5 Å². The van der Waals surface area contributed by atoms with Crippen LogP contribution in [0.15, 0.2) is 60.7 Å². The van der Waals surface area contributed by atoms with Crippen molar-refractivity contribution in [3.63, 3.8) is 0 Å². The van der Waals surface area contributed by atoms with Crippen LogP contribution < -0.4 is 0 Å². The highest BCUT2D eigenvalue weighted by Gasteiger charge is 2.14. The molecule has 0 radical (unpaired) electrons. The topological polar surface area (TPSA) is 33.0 Å². The lowest BCUT2D eigenvalue weighted by atomic mass is 10.0. The van der Waals surface area contributed by atoms with Gasteiger partial charge in [-0.15, -0.1) is 0 Å². The molecule has 2 aromatic carbocycles. The monoisotopic (exact) mass is 209 g/mol. The van der Waals surface area contributed by atoms with E-state index in [9.17, 15) is 0 Å². The summed E-state index contributed by atoms with van der Waals surface area (Å²) in [5.41, 5.74) is 1.96. The molecule has 2 aromatic rings. The van der Waals surface area contributed by atoms with E-state index in [1.54, 1.807) is 6.26 Å². The van der Waals surface area contributed by atoms with E-state index in [0.29, 0.717) is 0 Å². The molecule has 16 heavy (non-hydrogen) atoms. The lowest BCUT2D eigenvalue weighted by Gasteiger charge is -2.14. The Morgan fingerprint density at radius 3 is 1.62 bits per heavy atom. The van der Waals surface area contributed by atoms with E-state index in [2.05, 4.69) is 0 Å². The number of nitrogens with zero attached hydrogens (tertiary/aromatic N) is 1. The molecule has 2 nitrogen and oxygen atoms in total. The average molecular weight is 209 g/mol. The molecule has 0 atom stereocenters. The fourth-order valence-corrected chi connectivity index (χ4v) is 1.64. The van der Waals surface area contributed by atoms with Crippen molar-refractivity contribution in [2.75, 3.05) is 0 Å². The number of benzene rings is 2. The molecule has 0 aliphatic heterocycles. The molecule has 0 aliphatic rings. The van der Waals surface area contributed by atoms with Gasteiger partial charge in [-0.2, -0.15) is 5.26 Å². The molecule has 0 aliphatic carbocycles.